The van der Waals surface area contributed by atoms with Gasteiger partial charge in [0, 0.05) is 12.3 Å². The molecule has 0 bridgehead atoms. The van der Waals surface area contributed by atoms with Crippen molar-refractivity contribution in [2.45, 2.75) is 18.7 Å². The Bertz CT molecular complexity index is 1280. The highest BCUT2D eigenvalue weighted by atomic mass is 32.2. The number of carbonyl (C=O) groups excluding carboxylic acids is 1. The summed E-state index contributed by atoms with van der Waals surface area (Å²) in [5, 5.41) is 22.3. The minimum Gasteiger partial charge on any atom is -0.612 e. The number of rotatable bonds is 9. The van der Waals surface area contributed by atoms with Crippen LogP contribution in [0.5, 0.6) is 5.75 Å². The number of ether oxygens (including phenoxy) is 1. The molecule has 3 rings (SSSR count). The molecule has 2 aromatic rings. The summed E-state index contributed by atoms with van der Waals surface area (Å²) < 4.78 is 33.2. The van der Waals surface area contributed by atoms with Crippen molar-refractivity contribution in [3.05, 3.63) is 101 Å². The van der Waals surface area contributed by atoms with Crippen molar-refractivity contribution in [1.29, 1.82) is 0 Å². The van der Waals surface area contributed by atoms with E-state index in [-0.39, 0.29) is 16.2 Å². The van der Waals surface area contributed by atoms with E-state index in [1.54, 1.807) is 42.5 Å². The van der Waals surface area contributed by atoms with Crippen LogP contribution in [0.2, 0.25) is 0 Å². The molecule has 0 spiro atoms. The van der Waals surface area contributed by atoms with Crippen molar-refractivity contribution in [2.75, 3.05) is 17.5 Å². The van der Waals surface area contributed by atoms with Crippen LogP contribution in [0.3, 0.4) is 0 Å². The number of sulfonamides is 1. The van der Waals surface area contributed by atoms with Crippen molar-refractivity contribution < 1.29 is 22.9 Å². The average Bonchev–Trinajstić information content (AvgIpc) is 2.84. The number of hydrogen-bond acceptors (Lipinski definition) is 7. The molecule has 1 amide bonds. The molecular formula is C24H25N4O6S-. The first-order valence-corrected chi connectivity index (χ1v) is 12.1. The number of carbonyl (C=O) groups is 1. The van der Waals surface area contributed by atoms with Crippen LogP contribution in [0.4, 0.5) is 5.69 Å². The van der Waals surface area contributed by atoms with Crippen LogP contribution in [0, 0.1) is 17.3 Å². The Kier molecular flexibility index (Phi) is 8.16. The second-order valence-corrected chi connectivity index (χ2v) is 9.27. The van der Waals surface area contributed by atoms with Gasteiger partial charge in [-0.25, -0.2) is 8.42 Å². The van der Waals surface area contributed by atoms with Gasteiger partial charge in [-0.1, -0.05) is 29.8 Å². The molecule has 184 valence electrons. The van der Waals surface area contributed by atoms with Gasteiger partial charge in [-0.15, -0.1) is 0 Å². The Labute approximate surface area is 203 Å². The Morgan fingerprint density at radius 2 is 1.71 bits per heavy atom. The van der Waals surface area contributed by atoms with Crippen LogP contribution in [0.15, 0.2) is 89.5 Å². The quantitative estimate of drug-likeness (QED) is 0.401. The van der Waals surface area contributed by atoms with Crippen molar-refractivity contribution in [1.82, 2.24) is 10.9 Å². The molecule has 10 nitrogen and oxygen atoms in total. The Balaban J connectivity index is 1.81. The number of nitrogens with one attached hydrogen (secondary N) is 2. The number of allylic oxidation sites excluding steroid dienone is 5. The van der Waals surface area contributed by atoms with Crippen LogP contribution in [0.25, 0.3) is 0 Å². The predicted molar refractivity (Wildman–Crippen MR) is 133 cm³/mol. The highest BCUT2D eigenvalue weighted by Gasteiger charge is 2.27. The van der Waals surface area contributed by atoms with Crippen molar-refractivity contribution >= 4 is 27.3 Å². The van der Waals surface area contributed by atoms with E-state index in [0.717, 1.165) is 9.87 Å². The van der Waals surface area contributed by atoms with Crippen molar-refractivity contribution in [3.63, 3.8) is 0 Å². The summed E-state index contributed by atoms with van der Waals surface area (Å²) in [5.41, 5.74) is 6.21. The fraction of sp³-hybridized carbons (Fsp3) is 0.167. The van der Waals surface area contributed by atoms with Crippen LogP contribution < -0.4 is 19.9 Å². The normalized spacial score (nSPS) is 14.0. The zero-order valence-corrected chi connectivity index (χ0v) is 20.0. The molecule has 2 aromatic carbocycles. The number of amides is 1. The first-order chi connectivity index (χ1) is 16.7. The first-order valence-electron chi connectivity index (χ1n) is 10.7. The lowest BCUT2D eigenvalue weighted by Crippen LogP contribution is -2.44. The van der Waals surface area contributed by atoms with E-state index in [0.29, 0.717) is 18.0 Å². The maximum Gasteiger partial charge on any atom is 0.264 e. The summed E-state index contributed by atoms with van der Waals surface area (Å²) in [5.74, 6) is -0.143. The van der Waals surface area contributed by atoms with Crippen molar-refractivity contribution in [3.8, 4) is 5.75 Å². The molecular weight excluding hydrogens is 472 g/mol. The van der Waals surface area contributed by atoms with Gasteiger partial charge in [0.15, 0.2) is 0 Å². The molecule has 0 saturated heterocycles. The van der Waals surface area contributed by atoms with E-state index in [4.69, 9.17) is 4.74 Å². The van der Waals surface area contributed by atoms with Crippen LogP contribution in [-0.4, -0.2) is 38.1 Å². The van der Waals surface area contributed by atoms with Gasteiger partial charge in [0.2, 0.25) is 5.71 Å². The Hall–Kier alpha value is -4.25. The largest absolute Gasteiger partial charge is 0.612 e. The number of aryl methyl sites for hydroxylation is 1. The number of nitrogens with zero attached hydrogens (tertiary/aromatic N) is 2. The second kappa shape index (κ2) is 11.3. The second-order valence-electron chi connectivity index (χ2n) is 7.40. The summed E-state index contributed by atoms with van der Waals surface area (Å²) in [7, 11) is -4.10. The fourth-order valence-electron chi connectivity index (χ4n) is 3.17. The standard InChI is InChI=1S/C24H25N4O6S/c1-3-34-21-12-14-22(15-13-21)35(32,33)27(20-10-8-18(2)9-11-20)17-24(29)26-25-16-19-6-4-5-7-23(19)28(30)31/h4-16,25H,3,17H2,1-2H3,(H-,26,29,30,31)/q-1. The average molecular weight is 498 g/mol. The molecule has 0 aliphatic heterocycles. The summed E-state index contributed by atoms with van der Waals surface area (Å²) in [6.07, 6.45) is 7.24. The maximum atomic E-state index is 13.4. The topological polar surface area (TPSA) is 137 Å². The lowest BCUT2D eigenvalue weighted by atomic mass is 10.1. The molecule has 0 aromatic heterocycles. The molecule has 0 heterocycles. The summed E-state index contributed by atoms with van der Waals surface area (Å²) in [6.45, 7) is 3.60. The molecule has 1 aliphatic rings. The van der Waals surface area contributed by atoms with E-state index in [2.05, 4.69) is 10.9 Å². The Morgan fingerprint density at radius 3 is 2.34 bits per heavy atom. The van der Waals surface area contributed by atoms with Gasteiger partial charge in [-0.3, -0.25) is 14.5 Å². The highest BCUT2D eigenvalue weighted by Crippen LogP contribution is 2.25. The van der Waals surface area contributed by atoms with Gasteiger partial charge in [-0.05, 0) is 56.3 Å². The lowest BCUT2D eigenvalue weighted by molar-refractivity contribution is -0.377. The van der Waals surface area contributed by atoms with E-state index >= 15 is 0 Å². The summed E-state index contributed by atoms with van der Waals surface area (Å²) in [6, 6.07) is 12.6. The van der Waals surface area contributed by atoms with E-state index < -0.39 is 27.4 Å². The number of anilines is 1. The van der Waals surface area contributed by atoms with Gasteiger partial charge in [0.25, 0.3) is 15.9 Å². The molecule has 0 unspecified atom stereocenters. The monoisotopic (exact) mass is 497 g/mol. The predicted octanol–water partition coefficient (Wildman–Crippen LogP) is 2.67. The van der Waals surface area contributed by atoms with Crippen LogP contribution in [0.1, 0.15) is 12.5 Å². The molecule has 2 N–H and O–H groups in total. The maximum absolute atomic E-state index is 13.4. The SMILES string of the molecule is CCOc1ccc(S(=O)(=O)N(CC(=O)NNC=C2C=CC=CC2=[N+]([O-])[O-])c2ccc(C)cc2)cc1. The highest BCUT2D eigenvalue weighted by molar-refractivity contribution is 7.92. The van der Waals surface area contributed by atoms with Crippen LogP contribution in [-0.2, 0) is 14.8 Å². The molecule has 0 fully saturated rings. The number of benzene rings is 2. The number of hydrazine groups is 1. The van der Waals surface area contributed by atoms with Gasteiger partial charge in [-0.2, -0.15) is 4.90 Å². The molecule has 0 saturated carbocycles. The Morgan fingerprint density at radius 1 is 1.06 bits per heavy atom. The van der Waals surface area contributed by atoms with Gasteiger partial charge in [0.1, 0.15) is 12.3 Å². The molecule has 11 heteroatoms. The lowest BCUT2D eigenvalue weighted by Gasteiger charge is -2.24. The van der Waals surface area contributed by atoms with Crippen molar-refractivity contribution in [2.24, 2.45) is 0 Å². The minimum absolute atomic E-state index is 0.00578. The summed E-state index contributed by atoms with van der Waals surface area (Å²) in [4.78, 5) is 12.1. The van der Waals surface area contributed by atoms with E-state index in [1.807, 2.05) is 13.8 Å². The molecule has 0 radical (unpaired) electrons. The minimum atomic E-state index is -4.10. The third kappa shape index (κ3) is 6.42. The van der Waals surface area contributed by atoms with E-state index in [1.165, 1.54) is 36.6 Å². The molecule has 0 atom stereocenters. The van der Waals surface area contributed by atoms with Gasteiger partial charge >= 0.3 is 0 Å². The van der Waals surface area contributed by atoms with E-state index in [9.17, 15) is 23.6 Å². The summed E-state index contributed by atoms with van der Waals surface area (Å²) >= 11 is 0. The molecule has 1 aliphatic carbocycles. The zero-order chi connectivity index (χ0) is 25.4. The van der Waals surface area contributed by atoms with Gasteiger partial charge < -0.3 is 20.6 Å². The molecule has 35 heavy (non-hydrogen) atoms. The van der Waals surface area contributed by atoms with Crippen LogP contribution >= 0.6 is 0 Å². The zero-order valence-electron chi connectivity index (χ0n) is 19.2. The third-order valence-electron chi connectivity index (χ3n) is 4.90. The fourth-order valence-corrected chi connectivity index (χ4v) is 4.59. The smallest absolute Gasteiger partial charge is 0.264 e. The number of hydrogen-bond donors (Lipinski definition) is 2. The van der Waals surface area contributed by atoms with Gasteiger partial charge in [0.05, 0.1) is 22.8 Å². The third-order valence-corrected chi connectivity index (χ3v) is 6.69. The first kappa shape index (κ1) is 25.4.